The van der Waals surface area contributed by atoms with Crippen molar-refractivity contribution >= 4 is 44.3 Å². The lowest BCUT2D eigenvalue weighted by Crippen LogP contribution is -2.32. The van der Waals surface area contributed by atoms with Crippen LogP contribution in [0.2, 0.25) is 0 Å². The van der Waals surface area contributed by atoms with E-state index in [-0.39, 0.29) is 23.4 Å². The van der Waals surface area contributed by atoms with Gasteiger partial charge in [-0.15, -0.1) is 0 Å². The average Bonchev–Trinajstić information content (AvgIpc) is 2.10. The highest BCUT2D eigenvalue weighted by Crippen LogP contribution is 1.99. The first-order valence-electron chi connectivity index (χ1n) is 4.01. The molecule has 0 rings (SSSR count). The number of carbonyl (C=O) groups is 2. The van der Waals surface area contributed by atoms with E-state index in [2.05, 4.69) is 10.6 Å². The Kier molecular flexibility index (Phi) is 7.12. The van der Waals surface area contributed by atoms with E-state index < -0.39 is 10.5 Å². The van der Waals surface area contributed by atoms with Crippen LogP contribution >= 0.6 is 23.5 Å². The van der Waals surface area contributed by atoms with E-state index in [4.69, 9.17) is 22.3 Å². The van der Waals surface area contributed by atoms with Gasteiger partial charge in [-0.2, -0.15) is 0 Å². The van der Waals surface area contributed by atoms with Crippen LogP contribution in [0, 0.1) is 10.8 Å². The van der Waals surface area contributed by atoms with Crippen molar-refractivity contribution in [2.75, 3.05) is 13.1 Å². The minimum Gasteiger partial charge on any atom is -0.378 e. The van der Waals surface area contributed by atoms with Gasteiger partial charge in [0.25, 0.3) is 10.5 Å². The van der Waals surface area contributed by atoms with Crippen LogP contribution in [0.15, 0.2) is 0 Å². The Balaban J connectivity index is 3.53. The standard InChI is InChI=1S/C6H12N6O2S2/c7-3(8)15-5(13)11-1-2-12-6(14)16-4(9)10/h1-2H2,(H3,7,8)(H3,9,10)(H,11,13)(H,12,14). The molecular weight excluding hydrogens is 252 g/mol. The molecule has 0 aromatic rings. The zero-order chi connectivity index (χ0) is 12.6. The molecule has 0 bridgehead atoms. The van der Waals surface area contributed by atoms with Crippen molar-refractivity contribution in [1.29, 1.82) is 10.8 Å². The summed E-state index contributed by atoms with van der Waals surface area (Å²) in [6.07, 6.45) is 0. The topological polar surface area (TPSA) is 158 Å². The second kappa shape index (κ2) is 7.82. The van der Waals surface area contributed by atoms with Gasteiger partial charge in [-0.1, -0.05) is 0 Å². The first kappa shape index (κ1) is 14.6. The summed E-state index contributed by atoms with van der Waals surface area (Å²) in [4.78, 5) is 21.9. The summed E-state index contributed by atoms with van der Waals surface area (Å²) in [5.41, 5.74) is 9.95. The average molecular weight is 264 g/mol. The molecule has 0 heterocycles. The van der Waals surface area contributed by atoms with Crippen molar-refractivity contribution in [2.45, 2.75) is 0 Å². The van der Waals surface area contributed by atoms with E-state index in [0.29, 0.717) is 23.5 Å². The molecule has 0 spiro atoms. The molecule has 0 aliphatic carbocycles. The molecule has 16 heavy (non-hydrogen) atoms. The Bertz CT molecular complexity index is 277. The number of hydrogen-bond acceptors (Lipinski definition) is 6. The molecule has 0 aromatic heterocycles. The van der Waals surface area contributed by atoms with E-state index >= 15 is 0 Å². The molecule has 90 valence electrons. The quantitative estimate of drug-likeness (QED) is 0.232. The third kappa shape index (κ3) is 9.15. The van der Waals surface area contributed by atoms with Gasteiger partial charge in [0.1, 0.15) is 0 Å². The molecule has 0 aromatic carbocycles. The lowest BCUT2D eigenvalue weighted by atomic mass is 10.6. The summed E-state index contributed by atoms with van der Waals surface area (Å²) in [7, 11) is 0. The van der Waals surface area contributed by atoms with Crippen molar-refractivity contribution in [2.24, 2.45) is 11.5 Å². The summed E-state index contributed by atoms with van der Waals surface area (Å²) in [6, 6.07) is 0. The van der Waals surface area contributed by atoms with Crippen molar-refractivity contribution < 1.29 is 9.59 Å². The molecule has 0 radical (unpaired) electrons. The minimum atomic E-state index is -0.457. The highest BCUT2D eigenvalue weighted by Gasteiger charge is 2.05. The van der Waals surface area contributed by atoms with Crippen LogP contribution in [0.5, 0.6) is 0 Å². The molecule has 0 aliphatic heterocycles. The molecule has 8 nitrogen and oxygen atoms in total. The van der Waals surface area contributed by atoms with Crippen LogP contribution in [0.1, 0.15) is 0 Å². The molecule has 0 saturated carbocycles. The Labute approximate surface area is 100 Å². The van der Waals surface area contributed by atoms with E-state index in [1.165, 1.54) is 0 Å². The van der Waals surface area contributed by atoms with Crippen LogP contribution in [0.3, 0.4) is 0 Å². The van der Waals surface area contributed by atoms with Gasteiger partial charge in [-0.25, -0.2) is 0 Å². The summed E-state index contributed by atoms with van der Waals surface area (Å²) in [5, 5.41) is 17.0. The molecule has 2 amide bonds. The van der Waals surface area contributed by atoms with Crippen molar-refractivity contribution in [1.82, 2.24) is 10.6 Å². The van der Waals surface area contributed by atoms with Crippen LogP contribution in [0.25, 0.3) is 0 Å². The number of nitrogens with two attached hydrogens (primary N) is 2. The second-order valence-corrected chi connectivity index (χ2v) is 4.39. The van der Waals surface area contributed by atoms with Crippen molar-refractivity contribution in [3.8, 4) is 0 Å². The van der Waals surface area contributed by atoms with E-state index in [1.807, 2.05) is 0 Å². The maximum atomic E-state index is 10.9. The maximum Gasteiger partial charge on any atom is 0.286 e. The van der Waals surface area contributed by atoms with Gasteiger partial charge < -0.3 is 22.1 Å². The number of amides is 2. The smallest absolute Gasteiger partial charge is 0.286 e. The van der Waals surface area contributed by atoms with Crippen molar-refractivity contribution in [3.05, 3.63) is 0 Å². The zero-order valence-electron chi connectivity index (χ0n) is 8.20. The van der Waals surface area contributed by atoms with Gasteiger partial charge in [-0.05, 0) is 0 Å². The van der Waals surface area contributed by atoms with Crippen molar-refractivity contribution in [3.63, 3.8) is 0 Å². The molecule has 0 aliphatic rings. The molecule has 10 heteroatoms. The fourth-order valence-corrected chi connectivity index (χ4v) is 1.35. The fourth-order valence-electron chi connectivity index (χ4n) is 0.601. The molecule has 0 unspecified atom stereocenters. The number of carbonyl (C=O) groups excluding carboxylic acids is 2. The van der Waals surface area contributed by atoms with E-state index in [9.17, 15) is 9.59 Å². The summed E-state index contributed by atoms with van der Waals surface area (Å²) >= 11 is 1.13. The Hall–Kier alpha value is -1.42. The molecule has 0 saturated heterocycles. The summed E-state index contributed by atoms with van der Waals surface area (Å²) in [5.74, 6) is 0. The van der Waals surface area contributed by atoms with Gasteiger partial charge >= 0.3 is 0 Å². The number of rotatable bonds is 3. The normalized spacial score (nSPS) is 9.25. The van der Waals surface area contributed by atoms with Gasteiger partial charge in [0.2, 0.25) is 0 Å². The third-order valence-electron chi connectivity index (χ3n) is 1.07. The number of nitrogens with one attached hydrogen (secondary N) is 4. The summed E-state index contributed by atoms with van der Waals surface area (Å²) < 4.78 is 0. The first-order valence-corrected chi connectivity index (χ1v) is 5.64. The van der Waals surface area contributed by atoms with Crippen LogP contribution in [-0.4, -0.2) is 33.9 Å². The van der Waals surface area contributed by atoms with Crippen LogP contribution in [-0.2, 0) is 0 Å². The Morgan fingerprint density at radius 3 is 1.50 bits per heavy atom. The van der Waals surface area contributed by atoms with E-state index in [0.717, 1.165) is 0 Å². The number of thioether (sulfide) groups is 2. The van der Waals surface area contributed by atoms with Crippen LogP contribution in [0.4, 0.5) is 9.59 Å². The SMILES string of the molecule is N=C(N)SC(=O)NCCNC(=O)SC(=N)N. The highest BCUT2D eigenvalue weighted by atomic mass is 32.2. The third-order valence-corrected chi connectivity index (χ3v) is 2.17. The number of amidine groups is 2. The molecule has 0 atom stereocenters. The first-order chi connectivity index (χ1) is 7.41. The zero-order valence-corrected chi connectivity index (χ0v) is 9.83. The maximum absolute atomic E-state index is 10.9. The Morgan fingerprint density at radius 2 is 1.25 bits per heavy atom. The molecule has 8 N–H and O–H groups in total. The summed E-state index contributed by atoms with van der Waals surface area (Å²) in [6.45, 7) is 0.423. The lowest BCUT2D eigenvalue weighted by molar-refractivity contribution is 0.257. The molecular formula is C6H12N6O2S2. The monoisotopic (exact) mass is 264 g/mol. The largest absolute Gasteiger partial charge is 0.378 e. The molecule has 0 fully saturated rings. The lowest BCUT2D eigenvalue weighted by Gasteiger charge is -2.05. The fraction of sp³-hybridized carbons (Fsp3) is 0.333. The number of hydrogen-bond donors (Lipinski definition) is 6. The van der Waals surface area contributed by atoms with Gasteiger partial charge in [0.05, 0.1) is 0 Å². The van der Waals surface area contributed by atoms with Gasteiger partial charge in [-0.3, -0.25) is 20.4 Å². The highest BCUT2D eigenvalue weighted by molar-refractivity contribution is 8.26. The predicted octanol–water partition coefficient (Wildman–Crippen LogP) is -0.341. The van der Waals surface area contributed by atoms with Gasteiger partial charge in [0, 0.05) is 36.6 Å². The predicted molar refractivity (Wildman–Crippen MR) is 65.8 cm³/mol. The second-order valence-electron chi connectivity index (χ2n) is 2.36. The van der Waals surface area contributed by atoms with E-state index in [1.54, 1.807) is 0 Å². The Morgan fingerprint density at radius 1 is 0.938 bits per heavy atom. The van der Waals surface area contributed by atoms with Crippen LogP contribution < -0.4 is 22.1 Å². The van der Waals surface area contributed by atoms with Gasteiger partial charge in [0.15, 0.2) is 10.3 Å². The minimum absolute atomic E-state index is 0.212.